The van der Waals surface area contributed by atoms with E-state index in [-0.39, 0.29) is 11.1 Å². The van der Waals surface area contributed by atoms with Gasteiger partial charge in [0.25, 0.3) is 5.91 Å². The predicted molar refractivity (Wildman–Crippen MR) is 107 cm³/mol. The van der Waals surface area contributed by atoms with Crippen LogP contribution in [-0.2, 0) is 0 Å². The molecule has 5 aromatic rings. The molecule has 0 saturated carbocycles. The van der Waals surface area contributed by atoms with E-state index in [1.807, 2.05) is 30.5 Å². The Morgan fingerprint density at radius 3 is 2.86 bits per heavy atom. The van der Waals surface area contributed by atoms with E-state index in [4.69, 9.17) is 4.42 Å². The molecule has 0 bridgehead atoms. The molecule has 3 N–H and O–H groups in total. The number of anilines is 1. The van der Waals surface area contributed by atoms with Crippen LogP contribution in [0.15, 0.2) is 47.0 Å². The molecule has 144 valence electrons. The topological polar surface area (TPSA) is 99.6 Å². The lowest BCUT2D eigenvalue weighted by Gasteiger charge is -2.10. The quantitative estimate of drug-likeness (QED) is 0.416. The molecule has 0 saturated heterocycles. The Labute approximate surface area is 164 Å². The first-order valence-corrected chi connectivity index (χ1v) is 9.01. The summed E-state index contributed by atoms with van der Waals surface area (Å²) < 4.78 is 19.7. The van der Waals surface area contributed by atoms with E-state index in [1.54, 1.807) is 26.0 Å². The van der Waals surface area contributed by atoms with Crippen LogP contribution in [0.4, 0.5) is 10.1 Å². The largest absolute Gasteiger partial charge is 0.445 e. The van der Waals surface area contributed by atoms with Crippen molar-refractivity contribution in [1.29, 1.82) is 0 Å². The number of rotatable bonds is 3. The van der Waals surface area contributed by atoms with E-state index in [1.165, 1.54) is 0 Å². The standard InChI is InChI=1S/C21H16FN5O2/c1-10-19(24-11(2)29-10)21(28)25-16-8-12(9-17-18(16)20(22)27-26-17)13-4-3-5-15-14(13)6-7-23-15/h3-9,23H,1-2H3,(H,25,28)(H,26,27). The maximum absolute atomic E-state index is 14.4. The van der Waals surface area contributed by atoms with Gasteiger partial charge in [0.2, 0.25) is 5.95 Å². The zero-order valence-electron chi connectivity index (χ0n) is 15.6. The number of fused-ring (bicyclic) bond motifs is 2. The summed E-state index contributed by atoms with van der Waals surface area (Å²) >= 11 is 0. The maximum Gasteiger partial charge on any atom is 0.277 e. The van der Waals surface area contributed by atoms with Crippen LogP contribution in [0, 0.1) is 19.8 Å². The highest BCUT2D eigenvalue weighted by molar-refractivity contribution is 6.10. The first-order valence-electron chi connectivity index (χ1n) is 9.01. The van der Waals surface area contributed by atoms with Crippen molar-refractivity contribution in [3.63, 3.8) is 0 Å². The van der Waals surface area contributed by atoms with Crippen LogP contribution in [0.5, 0.6) is 0 Å². The van der Waals surface area contributed by atoms with Gasteiger partial charge in [0.05, 0.1) is 16.6 Å². The summed E-state index contributed by atoms with van der Waals surface area (Å²) in [6, 6.07) is 11.4. The third-order valence-corrected chi connectivity index (χ3v) is 4.88. The second-order valence-corrected chi connectivity index (χ2v) is 6.79. The van der Waals surface area contributed by atoms with Gasteiger partial charge in [0, 0.05) is 24.0 Å². The number of oxazole rings is 1. The molecule has 0 aliphatic carbocycles. The minimum atomic E-state index is -0.616. The van der Waals surface area contributed by atoms with Gasteiger partial charge in [-0.05, 0) is 42.3 Å². The number of benzene rings is 2. The summed E-state index contributed by atoms with van der Waals surface area (Å²) in [4.78, 5) is 20.0. The van der Waals surface area contributed by atoms with Gasteiger partial charge in [-0.15, -0.1) is 0 Å². The summed E-state index contributed by atoms with van der Waals surface area (Å²) in [7, 11) is 0. The number of amides is 1. The predicted octanol–water partition coefficient (Wildman–Crippen LogP) is 4.71. The normalized spacial score (nSPS) is 11.4. The molecule has 3 aromatic heterocycles. The molecule has 0 aliphatic rings. The molecular weight excluding hydrogens is 373 g/mol. The van der Waals surface area contributed by atoms with Crippen LogP contribution in [0.1, 0.15) is 22.1 Å². The van der Waals surface area contributed by atoms with Crippen LogP contribution in [0.2, 0.25) is 0 Å². The molecule has 0 spiro atoms. The molecular formula is C21H16FN5O2. The van der Waals surface area contributed by atoms with Gasteiger partial charge in [0.1, 0.15) is 5.76 Å². The molecule has 0 radical (unpaired) electrons. The number of nitrogens with one attached hydrogen (secondary N) is 3. The van der Waals surface area contributed by atoms with Crippen molar-refractivity contribution in [3.05, 3.63) is 65.9 Å². The van der Waals surface area contributed by atoms with E-state index in [0.29, 0.717) is 22.9 Å². The Morgan fingerprint density at radius 2 is 2.07 bits per heavy atom. The van der Waals surface area contributed by atoms with Gasteiger partial charge in [-0.1, -0.05) is 12.1 Å². The van der Waals surface area contributed by atoms with Gasteiger partial charge < -0.3 is 14.7 Å². The zero-order chi connectivity index (χ0) is 20.1. The minimum absolute atomic E-state index is 0.165. The van der Waals surface area contributed by atoms with Crippen LogP contribution in [-0.4, -0.2) is 26.1 Å². The molecule has 8 heteroatoms. The Bertz CT molecular complexity index is 1400. The van der Waals surface area contributed by atoms with E-state index < -0.39 is 11.9 Å². The van der Waals surface area contributed by atoms with Crippen molar-refractivity contribution >= 4 is 33.4 Å². The lowest BCUT2D eigenvalue weighted by atomic mass is 9.99. The molecule has 0 atom stereocenters. The number of nitrogens with zero attached hydrogens (tertiary/aromatic N) is 2. The third-order valence-electron chi connectivity index (χ3n) is 4.88. The van der Waals surface area contributed by atoms with E-state index in [0.717, 1.165) is 22.0 Å². The molecule has 0 fully saturated rings. The number of aromatic nitrogens is 4. The summed E-state index contributed by atoms with van der Waals surface area (Å²) in [5, 5.41) is 10.4. The fourth-order valence-electron chi connectivity index (χ4n) is 3.62. The molecule has 5 rings (SSSR count). The van der Waals surface area contributed by atoms with Crippen molar-refractivity contribution in [2.45, 2.75) is 13.8 Å². The van der Waals surface area contributed by atoms with Gasteiger partial charge >= 0.3 is 0 Å². The van der Waals surface area contributed by atoms with Gasteiger partial charge in [-0.25, -0.2) is 4.98 Å². The maximum atomic E-state index is 14.4. The van der Waals surface area contributed by atoms with Crippen LogP contribution >= 0.6 is 0 Å². The number of carbonyl (C=O) groups excluding carboxylic acids is 1. The second-order valence-electron chi connectivity index (χ2n) is 6.79. The van der Waals surface area contributed by atoms with E-state index in [9.17, 15) is 9.18 Å². The monoisotopic (exact) mass is 389 g/mol. The highest BCUT2D eigenvalue weighted by Crippen LogP contribution is 2.35. The van der Waals surface area contributed by atoms with Crippen molar-refractivity contribution < 1.29 is 13.6 Å². The molecule has 7 nitrogen and oxygen atoms in total. The van der Waals surface area contributed by atoms with Crippen molar-refractivity contribution in [1.82, 2.24) is 20.2 Å². The number of halogens is 1. The summed E-state index contributed by atoms with van der Waals surface area (Å²) in [6.07, 6.45) is 1.86. The zero-order valence-corrected chi connectivity index (χ0v) is 15.6. The summed E-state index contributed by atoms with van der Waals surface area (Å²) in [6.45, 7) is 3.32. The highest BCUT2D eigenvalue weighted by atomic mass is 19.1. The SMILES string of the molecule is Cc1nc(C(=O)Nc2cc(-c3cccc4[nH]ccc34)cc3n[nH]c(F)c23)c(C)o1. The first-order chi connectivity index (χ1) is 14.0. The number of carbonyl (C=O) groups is 1. The summed E-state index contributed by atoms with van der Waals surface area (Å²) in [5.41, 5.74) is 3.61. The lowest BCUT2D eigenvalue weighted by Crippen LogP contribution is -2.14. The molecule has 1 amide bonds. The fourth-order valence-corrected chi connectivity index (χ4v) is 3.62. The van der Waals surface area contributed by atoms with Gasteiger partial charge in [-0.2, -0.15) is 9.49 Å². The molecule has 0 unspecified atom stereocenters. The first kappa shape index (κ1) is 17.2. The second kappa shape index (κ2) is 6.30. The number of hydrogen-bond donors (Lipinski definition) is 3. The Kier molecular flexibility index (Phi) is 3.73. The number of aryl methyl sites for hydroxylation is 2. The fraction of sp³-hybridized carbons (Fsp3) is 0.0952. The molecule has 0 aliphatic heterocycles. The van der Waals surface area contributed by atoms with Crippen molar-refractivity contribution in [3.8, 4) is 11.1 Å². The molecule has 3 heterocycles. The smallest absolute Gasteiger partial charge is 0.277 e. The van der Waals surface area contributed by atoms with Gasteiger partial charge in [0.15, 0.2) is 11.6 Å². The van der Waals surface area contributed by atoms with Gasteiger partial charge in [-0.3, -0.25) is 9.89 Å². The third kappa shape index (κ3) is 2.77. The van der Waals surface area contributed by atoms with Crippen LogP contribution in [0.3, 0.4) is 0 Å². The Hall–Kier alpha value is -3.94. The van der Waals surface area contributed by atoms with E-state index >= 15 is 0 Å². The average molecular weight is 389 g/mol. The minimum Gasteiger partial charge on any atom is -0.445 e. The Morgan fingerprint density at radius 1 is 1.21 bits per heavy atom. The van der Waals surface area contributed by atoms with Crippen LogP contribution in [0.25, 0.3) is 32.9 Å². The lowest BCUT2D eigenvalue weighted by molar-refractivity contribution is 0.102. The van der Waals surface area contributed by atoms with Crippen molar-refractivity contribution in [2.75, 3.05) is 5.32 Å². The average Bonchev–Trinajstić information content (AvgIpc) is 3.40. The Balaban J connectivity index is 1.66. The molecule has 29 heavy (non-hydrogen) atoms. The summed E-state index contributed by atoms with van der Waals surface area (Å²) in [5.74, 6) is -0.301. The van der Waals surface area contributed by atoms with E-state index in [2.05, 4.69) is 25.5 Å². The number of hydrogen-bond acceptors (Lipinski definition) is 4. The number of aromatic amines is 2. The van der Waals surface area contributed by atoms with Crippen LogP contribution < -0.4 is 5.32 Å². The highest BCUT2D eigenvalue weighted by Gasteiger charge is 2.20. The molecule has 2 aromatic carbocycles. The van der Waals surface area contributed by atoms with Crippen molar-refractivity contribution in [2.24, 2.45) is 0 Å². The number of H-pyrrole nitrogens is 2.